The van der Waals surface area contributed by atoms with Crippen LogP contribution in [0, 0.1) is 5.41 Å². The molecule has 0 aliphatic carbocycles. The Kier molecular flexibility index (Phi) is 8.12. The summed E-state index contributed by atoms with van der Waals surface area (Å²) >= 11 is 0. The Balaban J connectivity index is 0.00000385. The van der Waals surface area contributed by atoms with Crippen molar-refractivity contribution >= 4 is 34.5 Å². The minimum absolute atomic E-state index is 0. The van der Waals surface area contributed by atoms with Crippen LogP contribution in [-0.2, 0) is 12.7 Å². The largest absolute Gasteiger partial charge is 0.496 e. The van der Waals surface area contributed by atoms with E-state index in [0.29, 0.717) is 23.5 Å². The van der Waals surface area contributed by atoms with Crippen molar-refractivity contribution in [3.05, 3.63) is 58.1 Å². The number of nitrogens with one attached hydrogen (secondary N) is 2. The van der Waals surface area contributed by atoms with Crippen molar-refractivity contribution in [2.75, 3.05) is 27.3 Å². The maximum Gasteiger partial charge on any atom is 0.419 e. The van der Waals surface area contributed by atoms with Crippen molar-refractivity contribution in [1.29, 1.82) is 5.41 Å². The van der Waals surface area contributed by atoms with Gasteiger partial charge in [0, 0.05) is 24.7 Å². The Hall–Kier alpha value is -3.08. The summed E-state index contributed by atoms with van der Waals surface area (Å²) in [5.41, 5.74) is 0.233. The Morgan fingerprint density at radius 3 is 2.45 bits per heavy atom. The minimum atomic E-state index is -4.68. The summed E-state index contributed by atoms with van der Waals surface area (Å²) in [5.74, 6) is -0.966. The Bertz CT molecular complexity index is 1090. The third kappa shape index (κ3) is 5.29. The van der Waals surface area contributed by atoms with Crippen molar-refractivity contribution in [2.24, 2.45) is 0 Å². The summed E-state index contributed by atoms with van der Waals surface area (Å²) in [4.78, 5) is 26.4. The molecule has 178 valence electrons. The van der Waals surface area contributed by atoms with Crippen molar-refractivity contribution in [3.8, 4) is 11.5 Å². The van der Waals surface area contributed by atoms with Crippen molar-refractivity contribution in [2.45, 2.75) is 19.6 Å². The Morgan fingerprint density at radius 2 is 1.88 bits per heavy atom. The molecule has 0 atom stereocenters. The number of ketones is 1. The van der Waals surface area contributed by atoms with Gasteiger partial charge in [-0.2, -0.15) is 13.2 Å². The second kappa shape index (κ2) is 10.2. The lowest BCUT2D eigenvalue weighted by Gasteiger charge is -2.18. The summed E-state index contributed by atoms with van der Waals surface area (Å²) in [6.45, 7) is 2.01. The molecule has 0 bridgehead atoms. The van der Waals surface area contributed by atoms with Gasteiger partial charge in [-0.15, -0.1) is 17.0 Å². The van der Waals surface area contributed by atoms with Crippen molar-refractivity contribution in [1.82, 2.24) is 10.2 Å². The number of fused-ring (bicyclic) bond motifs is 1. The van der Waals surface area contributed by atoms with Crippen LogP contribution in [0.3, 0.4) is 0 Å². The molecule has 33 heavy (non-hydrogen) atoms. The van der Waals surface area contributed by atoms with E-state index in [2.05, 4.69) is 5.32 Å². The third-order valence-corrected chi connectivity index (χ3v) is 5.07. The first kappa shape index (κ1) is 26.2. The number of methoxy groups -OCH3 is 1. The van der Waals surface area contributed by atoms with Crippen LogP contribution in [0.25, 0.3) is 0 Å². The molecule has 0 radical (unpaired) electrons. The molecule has 2 aromatic carbocycles. The van der Waals surface area contributed by atoms with Gasteiger partial charge >= 0.3 is 6.18 Å². The van der Waals surface area contributed by atoms with Crippen LogP contribution >= 0.6 is 17.0 Å². The van der Waals surface area contributed by atoms with Gasteiger partial charge in [0.2, 0.25) is 0 Å². The zero-order valence-corrected chi connectivity index (χ0v) is 19.8. The van der Waals surface area contributed by atoms with Crippen molar-refractivity contribution < 1.29 is 32.2 Å². The highest BCUT2D eigenvalue weighted by Crippen LogP contribution is 2.37. The topological polar surface area (TPSA) is 91.7 Å². The maximum absolute atomic E-state index is 13.3. The summed E-state index contributed by atoms with van der Waals surface area (Å²) in [7, 11) is 2.60. The molecule has 2 N–H and O–H groups in total. The lowest BCUT2D eigenvalue weighted by Crippen LogP contribution is -2.30. The summed E-state index contributed by atoms with van der Waals surface area (Å²) in [6.07, 6.45) is -4.68. The molecule has 7 nitrogen and oxygen atoms in total. The molecule has 0 saturated carbocycles. The predicted octanol–water partition coefficient (Wildman–Crippen LogP) is 4.07. The molecule has 1 aliphatic heterocycles. The fourth-order valence-electron chi connectivity index (χ4n) is 3.52. The average Bonchev–Trinajstić information content (AvgIpc) is 3.06. The van der Waals surface area contributed by atoms with Gasteiger partial charge in [0.15, 0.2) is 5.78 Å². The second-order valence-corrected chi connectivity index (χ2v) is 7.06. The van der Waals surface area contributed by atoms with Gasteiger partial charge in [-0.05, 0) is 42.8 Å². The molecule has 0 spiro atoms. The first-order valence-corrected chi connectivity index (χ1v) is 9.74. The molecule has 1 amide bonds. The van der Waals surface area contributed by atoms with E-state index >= 15 is 0 Å². The number of halogens is 4. The Labute approximate surface area is 199 Å². The van der Waals surface area contributed by atoms with E-state index in [9.17, 15) is 22.8 Å². The molecule has 0 fully saturated rings. The standard InChI is InChI=1S/C22H22F3N3O4.BrH/c1-4-32-19-8-13-10-28(20(26)14(13)9-15(19)21(30)27-2)11-17(29)12-5-6-18(31-3)16(7-12)22(23,24)25;/h5-9,26H,4,10-11H2,1-3H3,(H,27,30);1H. The van der Waals surface area contributed by atoms with Crippen LogP contribution in [-0.4, -0.2) is 49.7 Å². The van der Waals surface area contributed by atoms with Gasteiger partial charge in [-0.1, -0.05) is 0 Å². The van der Waals surface area contributed by atoms with Crippen LogP contribution in [0.5, 0.6) is 11.5 Å². The number of ether oxygens (including phenoxy) is 2. The highest BCUT2D eigenvalue weighted by atomic mass is 79.9. The van der Waals surface area contributed by atoms with E-state index in [-0.39, 0.29) is 58.7 Å². The molecule has 3 rings (SSSR count). The van der Waals surface area contributed by atoms with E-state index < -0.39 is 17.5 Å². The number of carbonyl (C=O) groups is 2. The van der Waals surface area contributed by atoms with E-state index in [1.165, 1.54) is 24.1 Å². The zero-order valence-electron chi connectivity index (χ0n) is 18.1. The van der Waals surface area contributed by atoms with Gasteiger partial charge in [0.05, 0.1) is 31.4 Å². The van der Waals surface area contributed by atoms with Crippen molar-refractivity contribution in [3.63, 3.8) is 0 Å². The molecule has 0 unspecified atom stereocenters. The molecule has 11 heteroatoms. The first-order valence-electron chi connectivity index (χ1n) is 9.74. The highest BCUT2D eigenvalue weighted by molar-refractivity contribution is 8.93. The van der Waals surface area contributed by atoms with Gasteiger partial charge in [0.25, 0.3) is 5.91 Å². The number of alkyl halides is 3. The number of hydrogen-bond donors (Lipinski definition) is 2. The summed E-state index contributed by atoms with van der Waals surface area (Å²) in [5, 5.41) is 10.9. The Morgan fingerprint density at radius 1 is 1.18 bits per heavy atom. The number of benzene rings is 2. The lowest BCUT2D eigenvalue weighted by atomic mass is 10.0. The van der Waals surface area contributed by atoms with E-state index in [0.717, 1.165) is 19.2 Å². The number of carbonyl (C=O) groups excluding carboxylic acids is 2. The number of Topliss-reactive ketones (excluding diaryl/α,β-unsaturated/α-hetero) is 1. The van der Waals surface area contributed by atoms with Crippen LogP contribution < -0.4 is 14.8 Å². The van der Waals surface area contributed by atoms with Crippen LogP contribution in [0.1, 0.15) is 44.3 Å². The van der Waals surface area contributed by atoms with E-state index in [4.69, 9.17) is 14.9 Å². The minimum Gasteiger partial charge on any atom is -0.496 e. The smallest absolute Gasteiger partial charge is 0.419 e. The predicted molar refractivity (Wildman–Crippen MR) is 121 cm³/mol. The zero-order chi connectivity index (χ0) is 23.6. The van der Waals surface area contributed by atoms with E-state index in [1.54, 1.807) is 13.0 Å². The van der Waals surface area contributed by atoms with Crippen LogP contribution in [0.4, 0.5) is 13.2 Å². The number of rotatable bonds is 7. The summed E-state index contributed by atoms with van der Waals surface area (Å²) in [6, 6.07) is 6.30. The monoisotopic (exact) mass is 529 g/mol. The molecule has 0 saturated heterocycles. The van der Waals surface area contributed by atoms with Crippen LogP contribution in [0.15, 0.2) is 30.3 Å². The fourth-order valence-corrected chi connectivity index (χ4v) is 3.52. The summed E-state index contributed by atoms with van der Waals surface area (Å²) < 4.78 is 50.1. The van der Waals surface area contributed by atoms with Crippen LogP contribution in [0.2, 0.25) is 0 Å². The third-order valence-electron chi connectivity index (χ3n) is 5.07. The lowest BCUT2D eigenvalue weighted by molar-refractivity contribution is -0.138. The molecular formula is C22H23BrF3N3O4. The van der Waals surface area contributed by atoms with Gasteiger partial charge in [-0.3, -0.25) is 15.0 Å². The number of amidine groups is 1. The molecule has 2 aromatic rings. The molecular weight excluding hydrogens is 507 g/mol. The van der Waals surface area contributed by atoms with Gasteiger partial charge in [0.1, 0.15) is 17.3 Å². The molecule has 1 heterocycles. The molecule has 1 aliphatic rings. The SMILES string of the molecule is Br.CCOc1cc2c(cc1C(=O)NC)C(=N)N(CC(=O)c1ccc(OC)c(C(F)(F)F)c1)C2. The first-order chi connectivity index (χ1) is 15.1. The maximum atomic E-state index is 13.3. The second-order valence-electron chi connectivity index (χ2n) is 7.06. The highest BCUT2D eigenvalue weighted by Gasteiger charge is 2.35. The van der Waals surface area contributed by atoms with Gasteiger partial charge < -0.3 is 19.7 Å². The quantitative estimate of drug-likeness (QED) is 0.527. The van der Waals surface area contributed by atoms with E-state index in [1.807, 2.05) is 0 Å². The number of amides is 1. The molecule has 0 aromatic heterocycles. The number of hydrogen-bond acceptors (Lipinski definition) is 5. The fraction of sp³-hybridized carbons (Fsp3) is 0.318. The number of nitrogens with zero attached hydrogens (tertiary/aromatic N) is 1. The van der Waals surface area contributed by atoms with Gasteiger partial charge in [-0.25, -0.2) is 0 Å². The normalized spacial score (nSPS) is 12.7. The average molecular weight is 530 g/mol.